The Morgan fingerprint density at radius 2 is 1.92 bits per heavy atom. The van der Waals surface area contributed by atoms with Crippen molar-refractivity contribution in [3.05, 3.63) is 75.5 Å². The summed E-state index contributed by atoms with van der Waals surface area (Å²) in [6.07, 6.45) is 1.64. The van der Waals surface area contributed by atoms with Crippen LogP contribution in [0, 0.1) is 13.8 Å². The molecule has 3 rings (SSSR count). The number of benzene rings is 2. The molecule has 3 aromatic rings. The number of aliphatic imine (C=N–C) groups is 1. The summed E-state index contributed by atoms with van der Waals surface area (Å²) < 4.78 is 6.69. The van der Waals surface area contributed by atoms with Crippen molar-refractivity contribution in [3.8, 4) is 11.3 Å². The minimum absolute atomic E-state index is 0.271. The molecule has 126 valence electrons. The Morgan fingerprint density at radius 1 is 1.12 bits per heavy atom. The molecule has 2 aromatic carbocycles. The van der Waals surface area contributed by atoms with E-state index in [-0.39, 0.29) is 5.56 Å². The van der Waals surface area contributed by atoms with Crippen molar-refractivity contribution in [2.45, 2.75) is 13.8 Å². The smallest absolute Gasteiger partial charge is 0.335 e. The van der Waals surface area contributed by atoms with Gasteiger partial charge in [-0.1, -0.05) is 18.2 Å². The molecule has 0 spiro atoms. The Morgan fingerprint density at radius 3 is 2.64 bits per heavy atom. The molecule has 0 saturated heterocycles. The minimum atomic E-state index is -0.947. The van der Waals surface area contributed by atoms with Crippen molar-refractivity contribution < 1.29 is 14.3 Å². The lowest BCUT2D eigenvalue weighted by Gasteiger charge is -2.03. The van der Waals surface area contributed by atoms with Gasteiger partial charge in [-0.2, -0.15) is 0 Å². The first-order valence-corrected chi connectivity index (χ1v) is 8.48. The maximum Gasteiger partial charge on any atom is 0.335 e. The van der Waals surface area contributed by atoms with E-state index in [0.717, 1.165) is 21.3 Å². The summed E-state index contributed by atoms with van der Waals surface area (Å²) in [5.41, 5.74) is 3.67. The second-order valence-corrected chi connectivity index (χ2v) is 6.60. The van der Waals surface area contributed by atoms with E-state index in [1.54, 1.807) is 31.3 Å². The first-order chi connectivity index (χ1) is 11.9. The lowest BCUT2D eigenvalue weighted by atomic mass is 10.0. The van der Waals surface area contributed by atoms with E-state index >= 15 is 0 Å². The SMILES string of the molecule is Cc1ccc(N=Cc2ccc(-c3ccc(C)c(C(=O)O)c3)o2)c(Br)c1. The fraction of sp³-hybridized carbons (Fsp3) is 0.100. The van der Waals surface area contributed by atoms with Crippen LogP contribution in [0.4, 0.5) is 5.69 Å². The number of hydrogen-bond donors (Lipinski definition) is 1. The van der Waals surface area contributed by atoms with E-state index in [9.17, 15) is 9.90 Å². The predicted octanol–water partition coefficient (Wildman–Crippen LogP) is 5.77. The summed E-state index contributed by atoms with van der Waals surface area (Å²) in [6.45, 7) is 3.79. The zero-order chi connectivity index (χ0) is 18.0. The fourth-order valence-electron chi connectivity index (χ4n) is 2.43. The van der Waals surface area contributed by atoms with Gasteiger partial charge in [0.2, 0.25) is 0 Å². The molecule has 4 nitrogen and oxygen atoms in total. The molecular weight excluding hydrogens is 382 g/mol. The van der Waals surface area contributed by atoms with Crippen LogP contribution in [0.2, 0.25) is 0 Å². The van der Waals surface area contributed by atoms with Gasteiger partial charge in [-0.3, -0.25) is 4.99 Å². The van der Waals surface area contributed by atoms with E-state index in [0.29, 0.717) is 17.1 Å². The lowest BCUT2D eigenvalue weighted by Crippen LogP contribution is -1.99. The highest BCUT2D eigenvalue weighted by Gasteiger charge is 2.11. The highest BCUT2D eigenvalue weighted by atomic mass is 79.9. The average molecular weight is 398 g/mol. The highest BCUT2D eigenvalue weighted by Crippen LogP contribution is 2.27. The van der Waals surface area contributed by atoms with E-state index in [2.05, 4.69) is 20.9 Å². The van der Waals surface area contributed by atoms with Gasteiger partial charge >= 0.3 is 5.97 Å². The van der Waals surface area contributed by atoms with Gasteiger partial charge in [0.05, 0.1) is 17.5 Å². The van der Waals surface area contributed by atoms with Gasteiger partial charge in [-0.05, 0) is 71.2 Å². The minimum Gasteiger partial charge on any atom is -0.478 e. The number of nitrogens with zero attached hydrogens (tertiary/aromatic N) is 1. The van der Waals surface area contributed by atoms with Crippen LogP contribution in [0.1, 0.15) is 27.2 Å². The molecule has 0 atom stereocenters. The van der Waals surface area contributed by atoms with Crippen LogP contribution in [0.5, 0.6) is 0 Å². The zero-order valence-electron chi connectivity index (χ0n) is 13.8. The molecule has 0 aliphatic carbocycles. The van der Waals surface area contributed by atoms with Crippen molar-refractivity contribution in [2.24, 2.45) is 4.99 Å². The van der Waals surface area contributed by atoms with Crippen molar-refractivity contribution in [1.82, 2.24) is 0 Å². The largest absolute Gasteiger partial charge is 0.478 e. The molecule has 0 aliphatic heterocycles. The molecule has 0 bridgehead atoms. The van der Waals surface area contributed by atoms with Crippen LogP contribution in [-0.4, -0.2) is 17.3 Å². The van der Waals surface area contributed by atoms with E-state index in [1.165, 1.54) is 0 Å². The van der Waals surface area contributed by atoms with Gasteiger partial charge in [-0.25, -0.2) is 4.79 Å². The molecule has 0 unspecified atom stereocenters. The summed E-state index contributed by atoms with van der Waals surface area (Å²) in [7, 11) is 0. The molecule has 25 heavy (non-hydrogen) atoms. The van der Waals surface area contributed by atoms with Crippen LogP contribution in [0.15, 0.2) is 62.4 Å². The number of hydrogen-bond acceptors (Lipinski definition) is 3. The van der Waals surface area contributed by atoms with Crippen LogP contribution in [0.25, 0.3) is 11.3 Å². The van der Waals surface area contributed by atoms with Crippen molar-refractivity contribution in [2.75, 3.05) is 0 Å². The number of furan rings is 1. The third-order valence-corrected chi connectivity index (χ3v) is 4.45. The Balaban J connectivity index is 1.86. The zero-order valence-corrected chi connectivity index (χ0v) is 15.4. The fourth-order valence-corrected chi connectivity index (χ4v) is 3.03. The van der Waals surface area contributed by atoms with Crippen molar-refractivity contribution >= 4 is 33.8 Å². The molecular formula is C20H16BrNO3. The third kappa shape index (κ3) is 3.88. The number of carbonyl (C=O) groups is 1. The monoisotopic (exact) mass is 397 g/mol. The number of carboxylic acids is 1. The molecule has 5 heteroatoms. The van der Waals surface area contributed by atoms with E-state index in [4.69, 9.17) is 4.42 Å². The van der Waals surface area contributed by atoms with Gasteiger partial charge < -0.3 is 9.52 Å². The van der Waals surface area contributed by atoms with Gasteiger partial charge in [0.1, 0.15) is 11.5 Å². The van der Waals surface area contributed by atoms with Gasteiger partial charge in [-0.15, -0.1) is 0 Å². The number of carboxylic acid groups (broad SMARTS) is 1. The van der Waals surface area contributed by atoms with Crippen LogP contribution < -0.4 is 0 Å². The first-order valence-electron chi connectivity index (χ1n) is 7.68. The lowest BCUT2D eigenvalue weighted by molar-refractivity contribution is 0.0696. The normalized spacial score (nSPS) is 11.2. The topological polar surface area (TPSA) is 62.8 Å². The molecule has 0 saturated carbocycles. The average Bonchev–Trinajstić information content (AvgIpc) is 3.03. The molecule has 0 amide bonds. The van der Waals surface area contributed by atoms with Crippen molar-refractivity contribution in [1.29, 1.82) is 0 Å². The highest BCUT2D eigenvalue weighted by molar-refractivity contribution is 9.10. The second-order valence-electron chi connectivity index (χ2n) is 5.75. The van der Waals surface area contributed by atoms with Crippen LogP contribution in [0.3, 0.4) is 0 Å². The summed E-state index contributed by atoms with van der Waals surface area (Å²) in [5, 5.41) is 9.24. The quantitative estimate of drug-likeness (QED) is 0.567. The Bertz CT molecular complexity index is 973. The molecule has 0 aliphatic rings. The van der Waals surface area contributed by atoms with Crippen LogP contribution in [-0.2, 0) is 0 Å². The molecule has 0 fully saturated rings. The maximum atomic E-state index is 11.3. The van der Waals surface area contributed by atoms with E-state index in [1.807, 2.05) is 37.3 Å². The summed E-state index contributed by atoms with van der Waals surface area (Å²) in [5.74, 6) is 0.253. The van der Waals surface area contributed by atoms with Crippen LogP contribution >= 0.6 is 15.9 Å². The summed E-state index contributed by atoms with van der Waals surface area (Å²) in [4.78, 5) is 15.7. The standard InChI is InChI=1S/C20H16BrNO3/c1-12-3-7-18(17(21)9-12)22-11-15-6-8-19(25-15)14-5-4-13(2)16(10-14)20(23)24/h3-11H,1-2H3,(H,23,24). The van der Waals surface area contributed by atoms with Crippen molar-refractivity contribution in [3.63, 3.8) is 0 Å². The predicted molar refractivity (Wildman–Crippen MR) is 102 cm³/mol. The number of aryl methyl sites for hydroxylation is 2. The number of aromatic carboxylic acids is 1. The Kier molecular flexibility index (Phi) is 4.86. The molecule has 0 radical (unpaired) electrons. The second kappa shape index (κ2) is 7.07. The molecule has 1 N–H and O–H groups in total. The molecule has 1 aromatic heterocycles. The molecule has 1 heterocycles. The number of halogens is 1. The third-order valence-electron chi connectivity index (χ3n) is 3.81. The maximum absolute atomic E-state index is 11.3. The van der Waals surface area contributed by atoms with Gasteiger partial charge in [0, 0.05) is 10.0 Å². The van der Waals surface area contributed by atoms with Gasteiger partial charge in [0.15, 0.2) is 0 Å². The summed E-state index contributed by atoms with van der Waals surface area (Å²) in [6, 6.07) is 14.8. The van der Waals surface area contributed by atoms with E-state index < -0.39 is 5.97 Å². The number of rotatable bonds is 4. The van der Waals surface area contributed by atoms with Gasteiger partial charge in [0.25, 0.3) is 0 Å². The summed E-state index contributed by atoms with van der Waals surface area (Å²) >= 11 is 3.49. The first kappa shape index (κ1) is 17.2. The Labute approximate surface area is 154 Å². The Hall–Kier alpha value is -2.66.